The molecule has 2 rings (SSSR count). The Balaban J connectivity index is 2.59. The van der Waals surface area contributed by atoms with E-state index >= 15 is 0 Å². The summed E-state index contributed by atoms with van der Waals surface area (Å²) < 4.78 is 0. The molecule has 0 bridgehead atoms. The van der Waals surface area contributed by atoms with Crippen molar-refractivity contribution < 1.29 is 0 Å². The summed E-state index contributed by atoms with van der Waals surface area (Å²) >= 11 is 0. The van der Waals surface area contributed by atoms with Crippen molar-refractivity contribution in [3.05, 3.63) is 48.5 Å². The van der Waals surface area contributed by atoms with Crippen LogP contribution >= 0.6 is 15.8 Å². The average Bonchev–Trinajstić information content (AvgIpc) is 2.61. The van der Waals surface area contributed by atoms with Crippen LogP contribution in [0.5, 0.6) is 0 Å². The van der Waals surface area contributed by atoms with Gasteiger partial charge in [0, 0.05) is 0 Å². The molecule has 28 heavy (non-hydrogen) atoms. The second-order valence-electron chi connectivity index (χ2n) is 9.03. The second kappa shape index (κ2) is 10.5. The van der Waals surface area contributed by atoms with Gasteiger partial charge >= 0.3 is 0 Å². The Labute approximate surface area is 178 Å². The molecule has 0 saturated heterocycles. The topological polar surface area (TPSA) is 0 Å². The van der Waals surface area contributed by atoms with E-state index < -0.39 is 8.80 Å². The summed E-state index contributed by atoms with van der Waals surface area (Å²) in [7, 11) is -1.50. The van der Waals surface area contributed by atoms with E-state index in [1.807, 2.05) is 0 Å². The molecule has 0 spiro atoms. The molecule has 0 radical (unpaired) electrons. The van der Waals surface area contributed by atoms with E-state index in [9.17, 15) is 0 Å². The number of rotatable bonds is 8. The summed E-state index contributed by atoms with van der Waals surface area (Å²) in [6.45, 7) is 21.9. The molecule has 0 unspecified atom stereocenters. The van der Waals surface area contributed by atoms with E-state index in [4.69, 9.17) is 0 Å². The summed E-state index contributed by atoms with van der Waals surface area (Å²) in [5, 5.41) is 6.72. The predicted octanol–water partition coefficient (Wildman–Crippen LogP) is 5.51. The first-order chi connectivity index (χ1) is 13.2. The van der Waals surface area contributed by atoms with Crippen LogP contribution in [0.4, 0.5) is 0 Å². The van der Waals surface area contributed by atoms with Gasteiger partial charge in [0.25, 0.3) is 0 Å². The minimum absolute atomic E-state index is 0.127. The minimum Gasteiger partial charge on any atom is -0.0702 e. The molecule has 0 saturated carbocycles. The maximum Gasteiger partial charge on any atom is 0.101 e. The van der Waals surface area contributed by atoms with Gasteiger partial charge in [-0.05, 0) is 33.2 Å². The fourth-order valence-electron chi connectivity index (χ4n) is 4.65. The Morgan fingerprint density at radius 3 is 1.11 bits per heavy atom. The van der Waals surface area contributed by atoms with Crippen LogP contribution in [0.3, 0.4) is 0 Å². The van der Waals surface area contributed by atoms with Crippen molar-refractivity contribution >= 4 is 45.6 Å². The summed E-state index contributed by atoms with van der Waals surface area (Å²) in [5.74, 6) is 0. The van der Waals surface area contributed by atoms with Crippen LogP contribution in [-0.4, -0.2) is 31.4 Å². The summed E-state index contributed by atoms with van der Waals surface area (Å²) in [6, 6.07) is 18.9. The third-order valence-electron chi connectivity index (χ3n) is 5.59. The fourth-order valence-corrected chi connectivity index (χ4v) is 14.8. The highest BCUT2D eigenvalue weighted by Gasteiger charge is 2.28. The van der Waals surface area contributed by atoms with Crippen molar-refractivity contribution in [3.8, 4) is 0 Å². The van der Waals surface area contributed by atoms with Crippen molar-refractivity contribution in [1.82, 2.24) is 0 Å². The molecule has 0 heterocycles. The highest BCUT2D eigenvalue weighted by molar-refractivity contribution is 7.68. The zero-order chi connectivity index (χ0) is 21.0. The van der Waals surface area contributed by atoms with E-state index in [0.29, 0.717) is 0 Å². The maximum absolute atomic E-state index is 2.57. The van der Waals surface area contributed by atoms with E-state index in [0.717, 1.165) is 22.6 Å². The lowest BCUT2D eigenvalue weighted by molar-refractivity contribution is 1.02. The molecule has 154 valence electrons. The van der Waals surface area contributed by atoms with E-state index in [1.54, 1.807) is 21.0 Å². The quantitative estimate of drug-likeness (QED) is 0.383. The monoisotopic (exact) mass is 430 g/mol. The zero-order valence-electron chi connectivity index (χ0n) is 19.4. The number of hydrogen-bond acceptors (Lipinski definition) is 0. The Hall–Kier alpha value is -0.483. The Morgan fingerprint density at radius 2 is 0.821 bits per heavy atom. The van der Waals surface area contributed by atoms with Gasteiger partial charge in [0.05, 0.1) is 0 Å². The molecule has 0 atom stereocenters. The molecule has 2 aromatic carbocycles. The Morgan fingerprint density at radius 1 is 0.536 bits per heavy atom. The Bertz CT molecular complexity index is 672. The second-order valence-corrected chi connectivity index (χ2v) is 18.4. The lowest BCUT2D eigenvalue weighted by Crippen LogP contribution is -2.51. The van der Waals surface area contributed by atoms with E-state index in [-0.39, 0.29) is 15.8 Å². The first-order valence-corrected chi connectivity index (χ1v) is 16.2. The normalized spacial score (nSPS) is 12.6. The summed E-state index contributed by atoms with van der Waals surface area (Å²) in [5.41, 5.74) is 2.93. The van der Waals surface area contributed by atoms with Gasteiger partial charge in [0.1, 0.15) is 8.80 Å². The molecule has 0 N–H and O–H groups in total. The molecule has 0 aliphatic carbocycles. The zero-order valence-corrected chi connectivity index (χ0v) is 22.3. The summed E-state index contributed by atoms with van der Waals surface area (Å²) in [4.78, 5) is 0. The largest absolute Gasteiger partial charge is 0.101 e. The van der Waals surface area contributed by atoms with E-state index in [2.05, 4.69) is 110 Å². The Kier molecular flexibility index (Phi) is 8.94. The van der Waals surface area contributed by atoms with Gasteiger partial charge in [-0.1, -0.05) is 137 Å². The van der Waals surface area contributed by atoms with Crippen molar-refractivity contribution in [2.75, 3.05) is 0 Å². The highest BCUT2D eigenvalue weighted by atomic mass is 31.1. The van der Waals surface area contributed by atoms with Gasteiger partial charge in [0.2, 0.25) is 0 Å². The van der Waals surface area contributed by atoms with Crippen LogP contribution in [0.25, 0.3) is 0 Å². The molecule has 0 aliphatic heterocycles. The molecular formula is C25H40P2Si. The maximum atomic E-state index is 2.57. The molecule has 3 heteroatoms. The van der Waals surface area contributed by atoms with Gasteiger partial charge in [-0.25, -0.2) is 0 Å². The van der Waals surface area contributed by atoms with Gasteiger partial charge < -0.3 is 0 Å². The molecule has 0 aromatic heterocycles. The van der Waals surface area contributed by atoms with E-state index in [1.165, 1.54) is 0 Å². The third-order valence-corrected chi connectivity index (χ3v) is 15.3. The SMILES string of the molecule is CC(C)P(c1ccccc1[SiH](C)c1ccccc1P(C(C)C)C(C)C)C(C)C. The van der Waals surface area contributed by atoms with Gasteiger partial charge in [-0.15, -0.1) is 0 Å². The highest BCUT2D eigenvalue weighted by Crippen LogP contribution is 2.45. The summed E-state index contributed by atoms with van der Waals surface area (Å²) in [6.07, 6.45) is 0. The van der Waals surface area contributed by atoms with Crippen LogP contribution in [0.2, 0.25) is 6.55 Å². The first-order valence-electron chi connectivity index (χ1n) is 10.9. The predicted molar refractivity (Wildman–Crippen MR) is 139 cm³/mol. The molecule has 0 aliphatic rings. The molecular weight excluding hydrogens is 390 g/mol. The standard InChI is InChI=1S/C25H40P2Si/c1-18(2)26(19(3)4)22-14-10-12-16-24(22)28(9)25-17-13-11-15-23(25)27(20(5)6)21(7)8/h10-21,28H,1-9H3. The number of benzene rings is 2. The van der Waals surface area contributed by atoms with Crippen LogP contribution in [0.1, 0.15) is 55.4 Å². The van der Waals surface area contributed by atoms with Crippen LogP contribution in [-0.2, 0) is 0 Å². The van der Waals surface area contributed by atoms with Gasteiger partial charge in [0.15, 0.2) is 0 Å². The van der Waals surface area contributed by atoms with Crippen molar-refractivity contribution in [3.63, 3.8) is 0 Å². The molecule has 0 amide bonds. The fraction of sp³-hybridized carbons (Fsp3) is 0.520. The average molecular weight is 431 g/mol. The first kappa shape index (κ1) is 23.8. The molecule has 0 nitrogen and oxygen atoms in total. The molecule has 0 fully saturated rings. The van der Waals surface area contributed by atoms with Gasteiger partial charge in [-0.2, -0.15) is 0 Å². The van der Waals surface area contributed by atoms with Crippen LogP contribution in [0, 0.1) is 0 Å². The van der Waals surface area contributed by atoms with Crippen LogP contribution in [0.15, 0.2) is 48.5 Å². The lowest BCUT2D eigenvalue weighted by atomic mass is 10.3. The number of hydrogen-bond donors (Lipinski definition) is 0. The van der Waals surface area contributed by atoms with Crippen molar-refractivity contribution in [1.29, 1.82) is 0 Å². The smallest absolute Gasteiger partial charge is 0.0702 e. The van der Waals surface area contributed by atoms with Crippen LogP contribution < -0.4 is 21.0 Å². The van der Waals surface area contributed by atoms with Crippen molar-refractivity contribution in [2.45, 2.75) is 84.6 Å². The third kappa shape index (κ3) is 5.36. The molecule has 2 aromatic rings. The lowest BCUT2D eigenvalue weighted by Gasteiger charge is -2.32. The van der Waals surface area contributed by atoms with Gasteiger partial charge in [-0.3, -0.25) is 0 Å². The van der Waals surface area contributed by atoms with Crippen molar-refractivity contribution in [2.24, 2.45) is 0 Å². The minimum atomic E-state index is -1.24.